The average molecular weight is 418 g/mol. The van der Waals surface area contributed by atoms with Gasteiger partial charge in [0, 0.05) is 57.5 Å². The SMILES string of the molecule is Cl.Cn1ccnc1C1CNCCN1C(=O)c1ccc(CN2C(=O)CCC2=O)cc1. The zero-order valence-corrected chi connectivity index (χ0v) is 17.0. The Morgan fingerprint density at radius 2 is 1.86 bits per heavy atom. The van der Waals surface area contributed by atoms with E-state index in [1.54, 1.807) is 18.3 Å². The second-order valence-corrected chi connectivity index (χ2v) is 7.19. The molecule has 2 saturated heterocycles. The lowest BCUT2D eigenvalue weighted by atomic mass is 10.1. The van der Waals surface area contributed by atoms with Crippen LogP contribution in [0.4, 0.5) is 0 Å². The van der Waals surface area contributed by atoms with Gasteiger partial charge in [0.1, 0.15) is 11.9 Å². The Labute approximate surface area is 175 Å². The minimum absolute atomic E-state index is 0. The summed E-state index contributed by atoms with van der Waals surface area (Å²) in [4.78, 5) is 44.2. The van der Waals surface area contributed by atoms with Crippen LogP contribution in [0.1, 0.15) is 40.6 Å². The van der Waals surface area contributed by atoms with Crippen LogP contribution in [0.3, 0.4) is 0 Å². The van der Waals surface area contributed by atoms with Crippen molar-refractivity contribution < 1.29 is 14.4 Å². The number of piperazine rings is 1. The molecule has 154 valence electrons. The predicted octanol–water partition coefficient (Wildman–Crippen LogP) is 1.28. The van der Waals surface area contributed by atoms with E-state index in [2.05, 4.69) is 10.3 Å². The third-order valence-corrected chi connectivity index (χ3v) is 5.36. The number of amides is 3. The van der Waals surface area contributed by atoms with Gasteiger partial charge in [-0.2, -0.15) is 0 Å². The minimum Gasteiger partial charge on any atom is -0.336 e. The van der Waals surface area contributed by atoms with Gasteiger partial charge in [0.2, 0.25) is 11.8 Å². The highest BCUT2D eigenvalue weighted by molar-refractivity contribution is 6.01. The Morgan fingerprint density at radius 3 is 2.48 bits per heavy atom. The Hall–Kier alpha value is -2.71. The van der Waals surface area contributed by atoms with Crippen molar-refractivity contribution >= 4 is 30.1 Å². The van der Waals surface area contributed by atoms with Gasteiger partial charge in [-0.25, -0.2) is 4.98 Å². The molecule has 2 aromatic rings. The number of hydrogen-bond donors (Lipinski definition) is 1. The molecule has 2 aliphatic rings. The normalized spacial score (nSPS) is 19.4. The highest BCUT2D eigenvalue weighted by atomic mass is 35.5. The highest BCUT2D eigenvalue weighted by Gasteiger charge is 2.31. The number of benzene rings is 1. The number of carbonyl (C=O) groups is 3. The number of aryl methyl sites for hydroxylation is 1. The van der Waals surface area contributed by atoms with Crippen molar-refractivity contribution in [1.82, 2.24) is 24.7 Å². The van der Waals surface area contributed by atoms with E-state index in [4.69, 9.17) is 0 Å². The molecule has 1 aromatic carbocycles. The number of hydrogen-bond acceptors (Lipinski definition) is 5. The van der Waals surface area contributed by atoms with E-state index in [0.29, 0.717) is 18.7 Å². The molecule has 8 nitrogen and oxygen atoms in total. The van der Waals surface area contributed by atoms with Crippen molar-refractivity contribution in [3.63, 3.8) is 0 Å². The largest absolute Gasteiger partial charge is 0.336 e. The Kier molecular flexibility index (Phi) is 6.34. The smallest absolute Gasteiger partial charge is 0.254 e. The van der Waals surface area contributed by atoms with Crippen LogP contribution in [0.15, 0.2) is 36.7 Å². The quantitative estimate of drug-likeness (QED) is 0.757. The Balaban J connectivity index is 0.00000240. The summed E-state index contributed by atoms with van der Waals surface area (Å²) in [5.74, 6) is 0.533. The molecule has 4 rings (SSSR count). The summed E-state index contributed by atoms with van der Waals surface area (Å²) >= 11 is 0. The van der Waals surface area contributed by atoms with Crippen LogP contribution in [-0.2, 0) is 23.2 Å². The van der Waals surface area contributed by atoms with Crippen molar-refractivity contribution in [2.75, 3.05) is 19.6 Å². The fourth-order valence-electron chi connectivity index (χ4n) is 3.78. The molecule has 1 N–H and O–H groups in total. The second-order valence-electron chi connectivity index (χ2n) is 7.19. The summed E-state index contributed by atoms with van der Waals surface area (Å²) in [6, 6.07) is 7.02. The average Bonchev–Trinajstić information content (AvgIpc) is 3.28. The van der Waals surface area contributed by atoms with E-state index in [1.807, 2.05) is 34.8 Å². The van der Waals surface area contributed by atoms with Crippen LogP contribution < -0.4 is 5.32 Å². The molecule has 3 amide bonds. The zero-order chi connectivity index (χ0) is 19.7. The highest BCUT2D eigenvalue weighted by Crippen LogP contribution is 2.23. The van der Waals surface area contributed by atoms with Gasteiger partial charge in [-0.3, -0.25) is 19.3 Å². The van der Waals surface area contributed by atoms with Crippen molar-refractivity contribution in [3.8, 4) is 0 Å². The lowest BCUT2D eigenvalue weighted by Crippen LogP contribution is -2.49. The first-order chi connectivity index (χ1) is 13.5. The molecule has 1 unspecified atom stereocenters. The molecule has 0 bridgehead atoms. The topological polar surface area (TPSA) is 87.5 Å². The molecule has 2 fully saturated rings. The number of carbonyl (C=O) groups excluding carboxylic acids is 3. The summed E-state index contributed by atoms with van der Waals surface area (Å²) in [5.41, 5.74) is 1.42. The minimum atomic E-state index is -0.135. The third kappa shape index (κ3) is 4.18. The zero-order valence-electron chi connectivity index (χ0n) is 16.2. The number of rotatable bonds is 4. The fraction of sp³-hybridized carbons (Fsp3) is 0.400. The predicted molar refractivity (Wildman–Crippen MR) is 108 cm³/mol. The number of halogens is 1. The molecule has 3 heterocycles. The van der Waals surface area contributed by atoms with Crippen LogP contribution in [0.25, 0.3) is 0 Å². The van der Waals surface area contributed by atoms with Gasteiger partial charge in [0.05, 0.1) is 6.54 Å². The molecule has 0 radical (unpaired) electrons. The van der Waals surface area contributed by atoms with Crippen molar-refractivity contribution in [1.29, 1.82) is 0 Å². The van der Waals surface area contributed by atoms with Crippen molar-refractivity contribution in [2.24, 2.45) is 7.05 Å². The fourth-order valence-corrected chi connectivity index (χ4v) is 3.78. The molecule has 1 atom stereocenters. The maximum Gasteiger partial charge on any atom is 0.254 e. The van der Waals surface area contributed by atoms with Gasteiger partial charge in [0.15, 0.2) is 0 Å². The van der Waals surface area contributed by atoms with Crippen LogP contribution >= 0.6 is 12.4 Å². The summed E-state index contributed by atoms with van der Waals surface area (Å²) in [6.45, 7) is 2.27. The molecule has 2 aliphatic heterocycles. The van der Waals surface area contributed by atoms with Crippen molar-refractivity contribution in [2.45, 2.75) is 25.4 Å². The molecular weight excluding hydrogens is 394 g/mol. The molecule has 9 heteroatoms. The van der Waals surface area contributed by atoms with E-state index >= 15 is 0 Å². The van der Waals surface area contributed by atoms with E-state index in [-0.39, 0.29) is 55.6 Å². The monoisotopic (exact) mass is 417 g/mol. The van der Waals surface area contributed by atoms with Gasteiger partial charge in [-0.05, 0) is 17.7 Å². The lowest BCUT2D eigenvalue weighted by molar-refractivity contribution is -0.139. The third-order valence-electron chi connectivity index (χ3n) is 5.36. The maximum atomic E-state index is 13.1. The van der Waals surface area contributed by atoms with Gasteiger partial charge < -0.3 is 14.8 Å². The van der Waals surface area contributed by atoms with Crippen molar-refractivity contribution in [3.05, 3.63) is 53.6 Å². The summed E-state index contributed by atoms with van der Waals surface area (Å²) in [6.07, 6.45) is 4.19. The summed E-state index contributed by atoms with van der Waals surface area (Å²) in [7, 11) is 1.93. The Morgan fingerprint density at radius 1 is 1.17 bits per heavy atom. The summed E-state index contributed by atoms with van der Waals surface area (Å²) < 4.78 is 1.94. The lowest BCUT2D eigenvalue weighted by Gasteiger charge is -2.35. The first-order valence-corrected chi connectivity index (χ1v) is 9.45. The number of imide groups is 1. The number of imidazole rings is 1. The molecule has 0 spiro atoms. The summed E-state index contributed by atoms with van der Waals surface area (Å²) in [5, 5.41) is 3.33. The first-order valence-electron chi connectivity index (χ1n) is 9.45. The van der Waals surface area contributed by atoms with E-state index in [9.17, 15) is 14.4 Å². The van der Waals surface area contributed by atoms with Gasteiger partial charge >= 0.3 is 0 Å². The maximum absolute atomic E-state index is 13.1. The van der Waals surface area contributed by atoms with Crippen LogP contribution in [-0.4, -0.2) is 56.7 Å². The number of nitrogens with zero attached hydrogens (tertiary/aromatic N) is 4. The molecule has 29 heavy (non-hydrogen) atoms. The van der Waals surface area contributed by atoms with E-state index < -0.39 is 0 Å². The van der Waals surface area contributed by atoms with E-state index in [1.165, 1.54) is 4.90 Å². The molecule has 0 aliphatic carbocycles. The standard InChI is InChI=1S/C20H23N5O3.ClH/c1-23-10-9-22-19(23)16-12-21-8-11-24(16)20(28)15-4-2-14(3-5-15)13-25-17(26)6-7-18(25)27;/h2-5,9-10,16,21H,6-8,11-13H2,1H3;1H. The van der Waals surface area contributed by atoms with Gasteiger partial charge in [0.25, 0.3) is 5.91 Å². The molecule has 0 saturated carbocycles. The second kappa shape index (κ2) is 8.75. The number of nitrogens with one attached hydrogen (secondary N) is 1. The number of aromatic nitrogens is 2. The van der Waals surface area contributed by atoms with Crippen LogP contribution in [0.2, 0.25) is 0 Å². The van der Waals surface area contributed by atoms with Gasteiger partial charge in [-0.1, -0.05) is 12.1 Å². The van der Waals surface area contributed by atoms with Crippen LogP contribution in [0, 0.1) is 0 Å². The molecular formula is C20H24ClN5O3. The first kappa shape index (κ1) is 21.0. The Bertz CT molecular complexity index is 895. The number of likely N-dealkylation sites (tertiary alicyclic amines) is 1. The molecule has 1 aromatic heterocycles. The van der Waals surface area contributed by atoms with Crippen LogP contribution in [0.5, 0.6) is 0 Å². The van der Waals surface area contributed by atoms with Gasteiger partial charge in [-0.15, -0.1) is 12.4 Å². The van der Waals surface area contributed by atoms with E-state index in [0.717, 1.165) is 17.9 Å².